The molecule has 2 aliphatic rings. The Hall–Kier alpha value is -3.87. The predicted octanol–water partition coefficient (Wildman–Crippen LogP) is -2.73. The Kier molecular flexibility index (Phi) is 7.58. The largest absolute Gasteiger partial charge is 0.508 e. The van der Waals surface area contributed by atoms with Crippen molar-refractivity contribution in [2.45, 2.75) is 61.4 Å². The zero-order valence-electron chi connectivity index (χ0n) is 20.6. The molecule has 3 heterocycles. The van der Waals surface area contributed by atoms with Gasteiger partial charge in [0.1, 0.15) is 53.7 Å². The van der Waals surface area contributed by atoms with E-state index in [1.165, 1.54) is 36.4 Å². The van der Waals surface area contributed by atoms with Crippen LogP contribution in [0.5, 0.6) is 11.5 Å². The van der Waals surface area contributed by atoms with E-state index < -0.39 is 79.0 Å². The number of carbonyl (C=O) groups excluding carboxylic acids is 1. The van der Waals surface area contributed by atoms with Gasteiger partial charge in [0.05, 0.1) is 5.39 Å². The minimum Gasteiger partial charge on any atom is -0.508 e. The third-order valence-corrected chi connectivity index (χ3v) is 6.77. The van der Waals surface area contributed by atoms with Gasteiger partial charge in [0.25, 0.3) is 0 Å². The summed E-state index contributed by atoms with van der Waals surface area (Å²) in [6, 6.07) is 8.28. The molecule has 1 aromatic heterocycles. The second-order valence-corrected chi connectivity index (χ2v) is 9.46. The smallest absolute Gasteiger partial charge is 0.344 e. The topological polar surface area (TPSA) is 263 Å². The molecule has 41 heavy (non-hydrogen) atoms. The normalized spacial score (nSPS) is 33.9. The van der Waals surface area contributed by atoms with Crippen molar-refractivity contribution < 1.29 is 73.8 Å². The summed E-state index contributed by atoms with van der Waals surface area (Å²) in [5, 5.41) is 80.6. The fourth-order valence-electron chi connectivity index (χ4n) is 4.58. The number of esters is 1. The second-order valence-electron chi connectivity index (χ2n) is 9.46. The van der Waals surface area contributed by atoms with E-state index in [0.29, 0.717) is 10.8 Å². The van der Waals surface area contributed by atoms with Crippen LogP contribution in [0.3, 0.4) is 0 Å². The van der Waals surface area contributed by atoms with Crippen LogP contribution in [0.15, 0.2) is 45.6 Å². The molecule has 0 amide bonds. The molecule has 0 aliphatic carbocycles. The van der Waals surface area contributed by atoms with E-state index in [4.69, 9.17) is 28.5 Å². The summed E-state index contributed by atoms with van der Waals surface area (Å²) < 4.78 is 25.8. The standard InChI is InChI=1S/C25H24O16/c26-7-1-3-10-9-4-2-8(6-11(9)22(35)38-12(10)5-7)37-24-17(31)14(28)16(30)20(40-24)23(36)41-25-18(32)13(27)15(29)19(39-25)21(33)34/h1-6,13-20,24-32H,(H,33,34)/t13-,14-,15-,16-,17+,18+,19-,20-,24?,25?/m0/s1. The molecule has 0 spiro atoms. The zero-order valence-corrected chi connectivity index (χ0v) is 20.6. The van der Waals surface area contributed by atoms with E-state index in [0.717, 1.165) is 0 Å². The van der Waals surface area contributed by atoms with E-state index in [1.807, 2.05) is 0 Å². The Morgan fingerprint density at radius 2 is 1.32 bits per heavy atom. The number of phenols is 1. The fourth-order valence-corrected chi connectivity index (χ4v) is 4.58. The maximum atomic E-state index is 12.8. The Labute approximate surface area is 227 Å². The number of rotatable bonds is 5. The first kappa shape index (κ1) is 28.7. The third-order valence-electron chi connectivity index (χ3n) is 6.77. The van der Waals surface area contributed by atoms with Gasteiger partial charge >= 0.3 is 17.6 Å². The van der Waals surface area contributed by atoms with Crippen molar-refractivity contribution in [1.82, 2.24) is 0 Å². The summed E-state index contributed by atoms with van der Waals surface area (Å²) in [5.74, 6) is -3.45. The molecule has 2 aliphatic heterocycles. The molecular formula is C25H24O16. The van der Waals surface area contributed by atoms with Crippen LogP contribution < -0.4 is 10.4 Å². The van der Waals surface area contributed by atoms with Gasteiger partial charge in [0.15, 0.2) is 12.2 Å². The quantitative estimate of drug-likeness (QED) is 0.0865. The molecule has 220 valence electrons. The molecule has 10 atom stereocenters. The Morgan fingerprint density at radius 3 is 2.00 bits per heavy atom. The lowest BCUT2D eigenvalue weighted by atomic mass is 9.98. The Balaban J connectivity index is 1.36. The van der Waals surface area contributed by atoms with Gasteiger partial charge in [0.2, 0.25) is 12.6 Å². The minimum atomic E-state index is -2.13. The van der Waals surface area contributed by atoms with Crippen molar-refractivity contribution in [1.29, 1.82) is 0 Å². The van der Waals surface area contributed by atoms with E-state index in [2.05, 4.69) is 0 Å². The molecule has 0 bridgehead atoms. The number of phenolic OH excluding ortho intramolecular Hbond substituents is 1. The maximum absolute atomic E-state index is 12.8. The summed E-state index contributed by atoms with van der Waals surface area (Å²) in [5.41, 5.74) is -0.659. The Morgan fingerprint density at radius 1 is 0.707 bits per heavy atom. The summed E-state index contributed by atoms with van der Waals surface area (Å²) in [6.45, 7) is 0. The van der Waals surface area contributed by atoms with Gasteiger partial charge in [-0.15, -0.1) is 0 Å². The van der Waals surface area contributed by atoms with Gasteiger partial charge in [-0.2, -0.15) is 0 Å². The van der Waals surface area contributed by atoms with Crippen molar-refractivity contribution in [2.75, 3.05) is 0 Å². The molecule has 2 unspecified atom stereocenters. The van der Waals surface area contributed by atoms with Crippen LogP contribution in [0.2, 0.25) is 0 Å². The Bertz CT molecular complexity index is 1540. The number of hydrogen-bond donors (Lipinski definition) is 8. The van der Waals surface area contributed by atoms with Gasteiger partial charge in [-0.1, -0.05) is 0 Å². The lowest BCUT2D eigenvalue weighted by Crippen LogP contribution is -2.63. The molecule has 16 heteroatoms. The van der Waals surface area contributed by atoms with Gasteiger partial charge in [-0.25, -0.2) is 14.4 Å². The summed E-state index contributed by atoms with van der Waals surface area (Å²) in [7, 11) is 0. The molecule has 3 aromatic rings. The van der Waals surface area contributed by atoms with Crippen molar-refractivity contribution in [3.63, 3.8) is 0 Å². The van der Waals surface area contributed by atoms with Crippen LogP contribution >= 0.6 is 0 Å². The first-order chi connectivity index (χ1) is 19.4. The summed E-state index contributed by atoms with van der Waals surface area (Å²) >= 11 is 0. The van der Waals surface area contributed by atoms with E-state index >= 15 is 0 Å². The SMILES string of the molecule is O=C(O)[C@H]1OC(OC(=O)[C@H]2OC(Oc3ccc4c(c3)c(=O)oc3cc(O)ccc34)[C@H](O)[C@@H](O)[C@@H]2O)[C@H](O)[C@@H](O)[C@@H]1O. The molecular weight excluding hydrogens is 556 g/mol. The number of aliphatic carboxylic acids is 1. The van der Waals surface area contributed by atoms with Crippen molar-refractivity contribution in [3.05, 3.63) is 46.8 Å². The number of benzene rings is 2. The average molecular weight is 580 g/mol. The number of ether oxygens (including phenoxy) is 4. The maximum Gasteiger partial charge on any atom is 0.344 e. The van der Waals surface area contributed by atoms with E-state index in [9.17, 15) is 50.1 Å². The van der Waals surface area contributed by atoms with Crippen LogP contribution in [0, 0.1) is 0 Å². The third kappa shape index (κ3) is 5.18. The van der Waals surface area contributed by atoms with Crippen LogP contribution in [-0.2, 0) is 23.8 Å². The number of hydrogen-bond acceptors (Lipinski definition) is 15. The van der Waals surface area contributed by atoms with Crippen LogP contribution in [0.4, 0.5) is 0 Å². The summed E-state index contributed by atoms with van der Waals surface area (Å²) in [4.78, 5) is 36.6. The lowest BCUT2D eigenvalue weighted by molar-refractivity contribution is -0.302. The highest BCUT2D eigenvalue weighted by Crippen LogP contribution is 2.31. The summed E-state index contributed by atoms with van der Waals surface area (Å²) in [6.07, 6.45) is -20.4. The molecule has 5 rings (SSSR count). The molecule has 2 fully saturated rings. The number of carboxylic acid groups (broad SMARTS) is 1. The van der Waals surface area contributed by atoms with Crippen molar-refractivity contribution >= 4 is 33.7 Å². The molecule has 0 saturated carbocycles. The molecule has 0 radical (unpaired) electrons. The predicted molar refractivity (Wildman–Crippen MR) is 129 cm³/mol. The highest BCUT2D eigenvalue weighted by Gasteiger charge is 2.52. The van der Waals surface area contributed by atoms with Crippen LogP contribution in [-0.4, -0.2) is 114 Å². The van der Waals surface area contributed by atoms with Crippen LogP contribution in [0.25, 0.3) is 21.7 Å². The second kappa shape index (κ2) is 10.8. The first-order valence-corrected chi connectivity index (χ1v) is 12.1. The van der Waals surface area contributed by atoms with Crippen molar-refractivity contribution in [2.24, 2.45) is 0 Å². The number of aliphatic hydroxyl groups excluding tert-OH is 6. The number of carbonyl (C=O) groups is 2. The zero-order chi connectivity index (χ0) is 29.7. The molecule has 16 nitrogen and oxygen atoms in total. The van der Waals surface area contributed by atoms with Crippen LogP contribution in [0.1, 0.15) is 0 Å². The average Bonchev–Trinajstić information content (AvgIpc) is 2.93. The number of aromatic hydroxyl groups is 1. The van der Waals surface area contributed by atoms with Gasteiger partial charge in [-0.05, 0) is 30.3 Å². The molecule has 2 saturated heterocycles. The fraction of sp³-hybridized carbons (Fsp3) is 0.400. The van der Waals surface area contributed by atoms with Gasteiger partial charge in [0, 0.05) is 16.8 Å². The van der Waals surface area contributed by atoms with Gasteiger partial charge < -0.3 is 64.2 Å². The lowest BCUT2D eigenvalue weighted by Gasteiger charge is -2.41. The van der Waals surface area contributed by atoms with E-state index in [1.54, 1.807) is 0 Å². The number of carboxylic acids is 1. The van der Waals surface area contributed by atoms with E-state index in [-0.39, 0.29) is 22.5 Å². The minimum absolute atomic E-state index is 0.0414. The number of aliphatic hydroxyl groups is 6. The van der Waals surface area contributed by atoms with Crippen molar-refractivity contribution in [3.8, 4) is 11.5 Å². The van der Waals surface area contributed by atoms with Gasteiger partial charge in [-0.3, -0.25) is 0 Å². The monoisotopic (exact) mass is 580 g/mol. The first-order valence-electron chi connectivity index (χ1n) is 12.1. The highest BCUT2D eigenvalue weighted by atomic mass is 16.7. The highest BCUT2D eigenvalue weighted by molar-refractivity contribution is 6.04. The molecule has 2 aromatic carbocycles. The molecule has 8 N–H and O–H groups in total. The number of fused-ring (bicyclic) bond motifs is 3.